The van der Waals surface area contributed by atoms with E-state index in [9.17, 15) is 19.8 Å². The van der Waals surface area contributed by atoms with E-state index in [1.807, 2.05) is 62.4 Å². The number of nitrogens with zero attached hydrogens (tertiary/aromatic N) is 2. The van der Waals surface area contributed by atoms with Gasteiger partial charge in [-0.25, -0.2) is 9.59 Å². The van der Waals surface area contributed by atoms with Crippen molar-refractivity contribution < 1.29 is 38.0 Å². The maximum Gasteiger partial charge on any atom is 0.344 e. The second-order valence-corrected chi connectivity index (χ2v) is 13.2. The molecule has 3 heterocycles. The van der Waals surface area contributed by atoms with Gasteiger partial charge in [-0.2, -0.15) is 0 Å². The second-order valence-electron chi connectivity index (χ2n) is 13.2. The number of rotatable bonds is 4. The zero-order chi connectivity index (χ0) is 37.6. The van der Waals surface area contributed by atoms with E-state index in [2.05, 4.69) is 9.80 Å². The van der Waals surface area contributed by atoms with Crippen LogP contribution < -0.4 is 30.2 Å². The lowest BCUT2D eigenvalue weighted by atomic mass is 10.0. The predicted molar refractivity (Wildman–Crippen MR) is 203 cm³/mol. The SMILES string of the molecule is Cc1coc(=O)c2c(CN3CCOc4ccccc4OCCN(Cc4c(O)ccc5c(C)coc(=O)c45)CCOc4ccccc4OCC3)c(O)ccc12. The zero-order valence-electron chi connectivity index (χ0n) is 30.2. The Hall–Kier alpha value is -5.98. The topological polar surface area (TPSA) is 144 Å². The van der Waals surface area contributed by atoms with Crippen molar-refractivity contribution in [3.8, 4) is 34.5 Å². The largest absolute Gasteiger partial charge is 0.508 e. The molecule has 0 radical (unpaired) electrons. The highest BCUT2D eigenvalue weighted by Crippen LogP contribution is 2.32. The van der Waals surface area contributed by atoms with Crippen LogP contribution >= 0.6 is 0 Å². The smallest absolute Gasteiger partial charge is 0.344 e. The van der Waals surface area contributed by atoms with E-state index < -0.39 is 11.3 Å². The van der Waals surface area contributed by atoms with Gasteiger partial charge in [-0.05, 0) is 72.1 Å². The predicted octanol–water partition coefficient (Wildman–Crippen LogP) is 6.16. The Morgan fingerprint density at radius 1 is 0.519 bits per heavy atom. The van der Waals surface area contributed by atoms with Crippen LogP contribution in [0.4, 0.5) is 0 Å². The third kappa shape index (κ3) is 7.99. The van der Waals surface area contributed by atoms with Crippen LogP contribution in [0.3, 0.4) is 0 Å². The van der Waals surface area contributed by atoms with Crippen LogP contribution in [-0.2, 0) is 13.1 Å². The van der Waals surface area contributed by atoms with Gasteiger partial charge in [0.25, 0.3) is 0 Å². The molecule has 0 amide bonds. The van der Waals surface area contributed by atoms with Gasteiger partial charge in [0.05, 0.1) is 23.3 Å². The van der Waals surface area contributed by atoms with Crippen molar-refractivity contribution in [3.63, 3.8) is 0 Å². The maximum absolute atomic E-state index is 12.9. The fourth-order valence-electron chi connectivity index (χ4n) is 6.75. The van der Waals surface area contributed by atoms with Gasteiger partial charge in [0.1, 0.15) is 37.9 Å². The van der Waals surface area contributed by atoms with Crippen LogP contribution in [0.25, 0.3) is 21.5 Å². The molecule has 2 aromatic heterocycles. The fraction of sp³-hybridized carbons (Fsp3) is 0.286. The molecule has 0 fully saturated rings. The van der Waals surface area contributed by atoms with Crippen molar-refractivity contribution in [2.24, 2.45) is 0 Å². The van der Waals surface area contributed by atoms with E-state index in [0.29, 0.717) is 71.1 Å². The van der Waals surface area contributed by atoms with E-state index in [0.717, 1.165) is 21.9 Å². The summed E-state index contributed by atoms with van der Waals surface area (Å²) in [7, 11) is 0. The number of aryl methyl sites for hydroxylation is 2. The van der Waals surface area contributed by atoms with Crippen LogP contribution in [0.1, 0.15) is 22.3 Å². The van der Waals surface area contributed by atoms with Gasteiger partial charge in [0, 0.05) is 50.4 Å². The number of para-hydroxylation sites is 4. The molecule has 0 bridgehead atoms. The molecule has 0 spiro atoms. The molecule has 7 rings (SSSR count). The minimum Gasteiger partial charge on any atom is -0.508 e. The molecule has 280 valence electrons. The Balaban J connectivity index is 1.15. The number of ether oxygens (including phenoxy) is 4. The molecule has 1 aliphatic rings. The minimum atomic E-state index is -0.513. The lowest BCUT2D eigenvalue weighted by Gasteiger charge is -2.26. The summed E-state index contributed by atoms with van der Waals surface area (Å²) < 4.78 is 35.6. The summed E-state index contributed by atoms with van der Waals surface area (Å²) in [5.41, 5.74) is 1.50. The summed E-state index contributed by atoms with van der Waals surface area (Å²) in [6.45, 7) is 7.00. The standard InChI is InChI=1S/C42H42N2O10/c1-27-25-53-41(47)39-29(27)11-13-33(45)31(39)23-43-15-19-49-35-7-3-5-9-37(35)51-21-17-44(18-22-52-38-10-6-4-8-36(38)50-20-16-43)24-32-34(46)14-12-30-28(2)26-54-42(48)40(30)32/h3-14,25-26,45-46H,15-24H2,1-2H3. The summed E-state index contributed by atoms with van der Waals surface area (Å²) in [6, 6.07) is 21.5. The Kier molecular flexibility index (Phi) is 11.0. The average Bonchev–Trinajstić information content (AvgIpc) is 3.17. The van der Waals surface area contributed by atoms with Crippen molar-refractivity contribution in [2.45, 2.75) is 26.9 Å². The highest BCUT2D eigenvalue weighted by Gasteiger charge is 2.20. The van der Waals surface area contributed by atoms with Gasteiger partial charge in [-0.3, -0.25) is 9.80 Å². The van der Waals surface area contributed by atoms with Gasteiger partial charge in [0.2, 0.25) is 0 Å². The third-order valence-corrected chi connectivity index (χ3v) is 9.64. The molecule has 2 N–H and O–H groups in total. The van der Waals surface area contributed by atoms with Crippen molar-refractivity contribution >= 4 is 21.5 Å². The molecule has 0 unspecified atom stereocenters. The van der Waals surface area contributed by atoms with Crippen molar-refractivity contribution in [1.29, 1.82) is 0 Å². The second kappa shape index (κ2) is 16.4. The first-order valence-electron chi connectivity index (χ1n) is 17.9. The molecule has 0 aliphatic carbocycles. The molecule has 12 heteroatoms. The summed E-state index contributed by atoms with van der Waals surface area (Å²) >= 11 is 0. The van der Waals surface area contributed by atoms with Gasteiger partial charge >= 0.3 is 11.3 Å². The molecule has 0 saturated carbocycles. The van der Waals surface area contributed by atoms with E-state index in [-0.39, 0.29) is 51.0 Å². The zero-order valence-corrected chi connectivity index (χ0v) is 30.2. The quantitative estimate of drug-likeness (QED) is 0.214. The summed E-state index contributed by atoms with van der Waals surface area (Å²) in [5, 5.41) is 24.0. The van der Waals surface area contributed by atoms with E-state index >= 15 is 0 Å². The Labute approximate surface area is 311 Å². The van der Waals surface area contributed by atoms with Gasteiger partial charge in [-0.15, -0.1) is 0 Å². The lowest BCUT2D eigenvalue weighted by molar-refractivity contribution is 0.149. The molecular formula is C42H42N2O10. The van der Waals surface area contributed by atoms with Crippen LogP contribution in [0.2, 0.25) is 0 Å². The number of hydrogen-bond acceptors (Lipinski definition) is 12. The summed E-state index contributed by atoms with van der Waals surface area (Å²) in [5.74, 6) is 2.24. The van der Waals surface area contributed by atoms with Crippen LogP contribution in [0, 0.1) is 13.8 Å². The molecule has 4 aromatic carbocycles. The minimum absolute atomic E-state index is 0.00229. The Morgan fingerprint density at radius 3 is 1.19 bits per heavy atom. The molecule has 54 heavy (non-hydrogen) atoms. The Bertz CT molecular complexity index is 2160. The molecular weight excluding hydrogens is 692 g/mol. The number of phenols is 2. The number of phenolic OH excluding ortho intramolecular Hbond substituents is 2. The first-order valence-corrected chi connectivity index (χ1v) is 17.9. The maximum atomic E-state index is 12.9. The van der Waals surface area contributed by atoms with E-state index in [1.165, 1.54) is 12.5 Å². The van der Waals surface area contributed by atoms with E-state index in [1.54, 1.807) is 24.3 Å². The molecule has 6 aromatic rings. The van der Waals surface area contributed by atoms with Crippen LogP contribution in [-0.4, -0.2) is 72.6 Å². The van der Waals surface area contributed by atoms with Crippen LogP contribution in [0.15, 0.2) is 104 Å². The average molecular weight is 735 g/mol. The van der Waals surface area contributed by atoms with Gasteiger partial charge in [-0.1, -0.05) is 36.4 Å². The normalized spacial score (nSPS) is 15.1. The lowest BCUT2D eigenvalue weighted by Crippen LogP contribution is -2.33. The first-order chi connectivity index (χ1) is 26.3. The first kappa shape index (κ1) is 36.4. The third-order valence-electron chi connectivity index (χ3n) is 9.64. The van der Waals surface area contributed by atoms with E-state index in [4.69, 9.17) is 27.8 Å². The molecule has 0 saturated heterocycles. The van der Waals surface area contributed by atoms with Crippen molar-refractivity contribution in [1.82, 2.24) is 9.80 Å². The molecule has 1 aliphatic heterocycles. The fourth-order valence-corrected chi connectivity index (χ4v) is 6.75. The highest BCUT2D eigenvalue weighted by molar-refractivity contribution is 5.89. The van der Waals surface area contributed by atoms with Crippen LogP contribution in [0.5, 0.6) is 34.5 Å². The molecule has 12 nitrogen and oxygen atoms in total. The number of fused-ring (bicyclic) bond motifs is 4. The Morgan fingerprint density at radius 2 is 0.852 bits per heavy atom. The number of aromatic hydroxyl groups is 2. The molecule has 0 atom stereocenters. The number of hydrogen-bond donors (Lipinski definition) is 2. The van der Waals surface area contributed by atoms with Gasteiger partial charge < -0.3 is 38.0 Å². The van der Waals surface area contributed by atoms with Crippen molar-refractivity contribution in [2.75, 3.05) is 52.6 Å². The highest BCUT2D eigenvalue weighted by atomic mass is 16.5. The summed E-state index contributed by atoms with van der Waals surface area (Å²) in [6.07, 6.45) is 2.86. The summed E-state index contributed by atoms with van der Waals surface area (Å²) in [4.78, 5) is 29.9. The van der Waals surface area contributed by atoms with Crippen molar-refractivity contribution in [3.05, 3.63) is 128 Å². The number of benzene rings is 4. The monoisotopic (exact) mass is 734 g/mol. The van der Waals surface area contributed by atoms with Gasteiger partial charge in [0.15, 0.2) is 23.0 Å².